The van der Waals surface area contributed by atoms with Gasteiger partial charge in [0, 0.05) is 25.4 Å². The molecule has 2 N–H and O–H groups in total. The molecule has 104 valence electrons. The fraction of sp³-hybridized carbons (Fsp3) is 0.533. The molecule has 0 unspecified atom stereocenters. The Hall–Kier alpha value is -1.55. The summed E-state index contributed by atoms with van der Waals surface area (Å²) in [4.78, 5) is 14.5. The van der Waals surface area contributed by atoms with Crippen LogP contribution in [0.4, 0.5) is 5.69 Å². The molecule has 1 amide bonds. The van der Waals surface area contributed by atoms with Crippen LogP contribution in [0, 0.1) is 0 Å². The third-order valence-corrected chi connectivity index (χ3v) is 3.61. The first-order valence-electron chi connectivity index (χ1n) is 6.64. The van der Waals surface area contributed by atoms with Crippen LogP contribution in [0.2, 0.25) is 0 Å². The van der Waals surface area contributed by atoms with Gasteiger partial charge in [0.25, 0.3) is 5.91 Å². The second-order valence-electron chi connectivity index (χ2n) is 5.62. The minimum absolute atomic E-state index is 0.0503. The fourth-order valence-corrected chi connectivity index (χ4v) is 2.01. The van der Waals surface area contributed by atoms with Crippen molar-refractivity contribution in [3.05, 3.63) is 29.8 Å². The second-order valence-corrected chi connectivity index (χ2v) is 5.62. The molecule has 1 aliphatic carbocycles. The maximum absolute atomic E-state index is 12.5. The third kappa shape index (κ3) is 3.26. The molecule has 0 spiro atoms. The molecule has 0 aliphatic heterocycles. The average Bonchev–Trinajstić information content (AvgIpc) is 3.21. The number of hydrogen-bond acceptors (Lipinski definition) is 3. The lowest BCUT2D eigenvalue weighted by atomic mass is 10.1. The molecule has 0 heterocycles. The first-order chi connectivity index (χ1) is 8.94. The van der Waals surface area contributed by atoms with Gasteiger partial charge in [-0.2, -0.15) is 0 Å². The van der Waals surface area contributed by atoms with E-state index in [-0.39, 0.29) is 5.91 Å². The number of hydrogen-bond donors (Lipinski definition) is 1. The Labute approximate surface area is 114 Å². The number of nitrogens with two attached hydrogens (primary N) is 1. The highest BCUT2D eigenvalue weighted by molar-refractivity contribution is 5.85. The highest BCUT2D eigenvalue weighted by Crippen LogP contribution is 2.31. The van der Waals surface area contributed by atoms with Crippen molar-refractivity contribution in [2.24, 2.45) is 0 Å². The van der Waals surface area contributed by atoms with Crippen LogP contribution in [0.5, 0.6) is 0 Å². The number of nitrogens with zero attached hydrogens (tertiary/aromatic N) is 1. The van der Waals surface area contributed by atoms with Crippen molar-refractivity contribution in [3.63, 3.8) is 0 Å². The standard InChI is InChI=1S/C15H22N2O2/c1-15(2,19-3)14(18)17(13-8-9-13)10-11-4-6-12(16)7-5-11/h4-7,13H,8-10,16H2,1-3H3. The zero-order valence-electron chi connectivity index (χ0n) is 11.8. The monoisotopic (exact) mass is 262 g/mol. The number of carbonyl (C=O) groups is 1. The molecule has 1 aromatic rings. The minimum atomic E-state index is -0.767. The normalized spacial score (nSPS) is 15.3. The number of nitrogen functional groups attached to an aromatic ring is 1. The number of ether oxygens (including phenoxy) is 1. The topological polar surface area (TPSA) is 55.6 Å². The van der Waals surface area contributed by atoms with E-state index in [1.807, 2.05) is 43.0 Å². The zero-order chi connectivity index (χ0) is 14.0. The first kappa shape index (κ1) is 13.9. The van der Waals surface area contributed by atoms with Gasteiger partial charge < -0.3 is 15.4 Å². The smallest absolute Gasteiger partial charge is 0.254 e. The van der Waals surface area contributed by atoms with Crippen LogP contribution in [-0.2, 0) is 16.1 Å². The van der Waals surface area contributed by atoms with Gasteiger partial charge in [0.15, 0.2) is 0 Å². The lowest BCUT2D eigenvalue weighted by Crippen LogP contribution is -2.47. The van der Waals surface area contributed by atoms with Crippen molar-refractivity contribution in [3.8, 4) is 0 Å². The van der Waals surface area contributed by atoms with Crippen LogP contribution in [0.25, 0.3) is 0 Å². The second kappa shape index (κ2) is 5.21. The molecule has 4 heteroatoms. The Morgan fingerprint density at radius 1 is 1.37 bits per heavy atom. The lowest BCUT2D eigenvalue weighted by molar-refractivity contribution is -0.152. The molecule has 0 aromatic heterocycles. The summed E-state index contributed by atoms with van der Waals surface area (Å²) in [6.45, 7) is 4.25. The summed E-state index contributed by atoms with van der Waals surface area (Å²) in [7, 11) is 1.58. The lowest BCUT2D eigenvalue weighted by Gasteiger charge is -2.31. The van der Waals surface area contributed by atoms with Gasteiger partial charge in [0.2, 0.25) is 0 Å². The van der Waals surface area contributed by atoms with Crippen molar-refractivity contribution < 1.29 is 9.53 Å². The molecule has 1 aromatic carbocycles. The van der Waals surface area contributed by atoms with E-state index in [9.17, 15) is 4.79 Å². The highest BCUT2D eigenvalue weighted by Gasteiger charge is 2.39. The van der Waals surface area contributed by atoms with Crippen LogP contribution in [0.15, 0.2) is 24.3 Å². The van der Waals surface area contributed by atoms with Gasteiger partial charge in [-0.3, -0.25) is 4.79 Å². The minimum Gasteiger partial charge on any atom is -0.399 e. The number of benzene rings is 1. The van der Waals surface area contributed by atoms with E-state index in [1.165, 1.54) is 0 Å². The van der Waals surface area contributed by atoms with Gasteiger partial charge >= 0.3 is 0 Å². The fourth-order valence-electron chi connectivity index (χ4n) is 2.01. The Morgan fingerprint density at radius 2 is 1.95 bits per heavy atom. The molecule has 4 nitrogen and oxygen atoms in total. The van der Waals surface area contributed by atoms with E-state index >= 15 is 0 Å². The number of amides is 1. The summed E-state index contributed by atoms with van der Waals surface area (Å²) in [5, 5.41) is 0. The molecule has 1 saturated carbocycles. The summed E-state index contributed by atoms with van der Waals surface area (Å²) in [5.41, 5.74) is 6.75. The molecular formula is C15H22N2O2. The van der Waals surface area contributed by atoms with Crippen molar-refractivity contribution in [2.75, 3.05) is 12.8 Å². The molecule has 2 rings (SSSR count). The number of carbonyl (C=O) groups excluding carboxylic acids is 1. The summed E-state index contributed by atoms with van der Waals surface area (Å²) in [6, 6.07) is 8.04. The highest BCUT2D eigenvalue weighted by atomic mass is 16.5. The van der Waals surface area contributed by atoms with Crippen LogP contribution in [-0.4, -0.2) is 29.6 Å². The van der Waals surface area contributed by atoms with E-state index in [0.717, 1.165) is 24.1 Å². The maximum atomic E-state index is 12.5. The Morgan fingerprint density at radius 3 is 2.42 bits per heavy atom. The first-order valence-corrected chi connectivity index (χ1v) is 6.64. The molecule has 0 saturated heterocycles. The largest absolute Gasteiger partial charge is 0.399 e. The van der Waals surface area contributed by atoms with Gasteiger partial charge in [-0.05, 0) is 44.4 Å². The number of rotatable bonds is 5. The molecule has 0 bridgehead atoms. The van der Waals surface area contributed by atoms with Crippen LogP contribution < -0.4 is 5.73 Å². The van der Waals surface area contributed by atoms with Crippen LogP contribution >= 0.6 is 0 Å². The Balaban J connectivity index is 2.13. The van der Waals surface area contributed by atoms with Crippen LogP contribution in [0.1, 0.15) is 32.3 Å². The number of methoxy groups -OCH3 is 1. The van der Waals surface area contributed by atoms with E-state index in [0.29, 0.717) is 12.6 Å². The van der Waals surface area contributed by atoms with Gasteiger partial charge in [-0.15, -0.1) is 0 Å². The van der Waals surface area contributed by atoms with Gasteiger partial charge in [-0.25, -0.2) is 0 Å². The molecule has 0 atom stereocenters. The van der Waals surface area contributed by atoms with Crippen molar-refractivity contribution in [1.82, 2.24) is 4.90 Å². The molecule has 19 heavy (non-hydrogen) atoms. The predicted molar refractivity (Wildman–Crippen MR) is 75.5 cm³/mol. The number of anilines is 1. The molecular weight excluding hydrogens is 240 g/mol. The molecule has 0 radical (unpaired) electrons. The summed E-state index contributed by atoms with van der Waals surface area (Å²) >= 11 is 0. The van der Waals surface area contributed by atoms with Gasteiger partial charge in [-0.1, -0.05) is 12.1 Å². The molecule has 1 aliphatic rings. The van der Waals surface area contributed by atoms with Crippen LogP contribution in [0.3, 0.4) is 0 Å². The summed E-state index contributed by atoms with van der Waals surface area (Å²) in [6.07, 6.45) is 2.17. The molecule has 1 fully saturated rings. The van der Waals surface area contributed by atoms with Gasteiger partial charge in [0.05, 0.1) is 0 Å². The van der Waals surface area contributed by atoms with E-state index in [1.54, 1.807) is 7.11 Å². The predicted octanol–water partition coefficient (Wildman–Crippen LogP) is 2.18. The maximum Gasteiger partial charge on any atom is 0.254 e. The van der Waals surface area contributed by atoms with Crippen molar-refractivity contribution >= 4 is 11.6 Å². The Bertz CT molecular complexity index is 450. The quantitative estimate of drug-likeness (QED) is 0.827. The van der Waals surface area contributed by atoms with E-state index < -0.39 is 5.60 Å². The van der Waals surface area contributed by atoms with Gasteiger partial charge in [0.1, 0.15) is 5.60 Å². The van der Waals surface area contributed by atoms with E-state index in [4.69, 9.17) is 10.5 Å². The van der Waals surface area contributed by atoms with Crippen molar-refractivity contribution in [1.29, 1.82) is 0 Å². The third-order valence-electron chi connectivity index (χ3n) is 3.61. The summed E-state index contributed by atoms with van der Waals surface area (Å²) < 4.78 is 5.30. The van der Waals surface area contributed by atoms with E-state index in [2.05, 4.69) is 0 Å². The average molecular weight is 262 g/mol. The SMILES string of the molecule is COC(C)(C)C(=O)N(Cc1ccc(N)cc1)C1CC1. The van der Waals surface area contributed by atoms with Crippen molar-refractivity contribution in [2.45, 2.75) is 44.9 Å². The summed E-state index contributed by atoms with van der Waals surface area (Å²) in [5.74, 6) is 0.0503. The Kier molecular flexibility index (Phi) is 3.80. The zero-order valence-corrected chi connectivity index (χ0v) is 11.8.